The van der Waals surface area contributed by atoms with Gasteiger partial charge in [0.15, 0.2) is 0 Å². The van der Waals surface area contributed by atoms with Crippen molar-refractivity contribution in [1.29, 1.82) is 0 Å². The van der Waals surface area contributed by atoms with Gasteiger partial charge in [-0.15, -0.1) is 0 Å². The Morgan fingerprint density at radius 1 is 0.976 bits per heavy atom. The molecule has 41 heavy (non-hydrogen) atoms. The van der Waals surface area contributed by atoms with E-state index in [1.165, 1.54) is 5.56 Å². The third-order valence-electron chi connectivity index (χ3n) is 7.29. The van der Waals surface area contributed by atoms with E-state index in [2.05, 4.69) is 55.9 Å². The summed E-state index contributed by atoms with van der Waals surface area (Å²) in [5.74, 6) is 1.44. The maximum Gasteiger partial charge on any atom is 0.324 e. The van der Waals surface area contributed by atoms with Gasteiger partial charge in [-0.3, -0.25) is 10.2 Å². The largest absolute Gasteiger partial charge is 0.492 e. The summed E-state index contributed by atoms with van der Waals surface area (Å²) in [7, 11) is -1.71. The fourth-order valence-corrected chi connectivity index (χ4v) is 6.22. The fraction of sp³-hybridized carbons (Fsp3) is 0.375. The van der Waals surface area contributed by atoms with E-state index in [4.69, 9.17) is 14.6 Å². The van der Waals surface area contributed by atoms with Crippen molar-refractivity contribution in [3.63, 3.8) is 0 Å². The van der Waals surface area contributed by atoms with E-state index in [-0.39, 0.29) is 18.2 Å². The molecule has 0 bridgehead atoms. The fourth-order valence-electron chi connectivity index (χ4n) is 5.25. The number of nitrogens with one attached hydrogen (secondary N) is 2. The van der Waals surface area contributed by atoms with Crippen LogP contribution in [0.1, 0.15) is 19.4 Å². The van der Waals surface area contributed by atoms with E-state index < -0.39 is 8.07 Å². The highest BCUT2D eigenvalue weighted by atomic mass is 28.3. The molecule has 216 valence electrons. The van der Waals surface area contributed by atoms with E-state index in [1.807, 2.05) is 71.4 Å². The van der Waals surface area contributed by atoms with Gasteiger partial charge in [-0.25, -0.2) is 9.48 Å². The van der Waals surface area contributed by atoms with E-state index in [1.54, 1.807) is 0 Å². The van der Waals surface area contributed by atoms with Gasteiger partial charge in [0.25, 0.3) is 0 Å². The van der Waals surface area contributed by atoms with Gasteiger partial charge in [0, 0.05) is 35.7 Å². The number of urea groups is 1. The topological polar surface area (TPSA) is 80.7 Å². The molecule has 4 aromatic rings. The first-order valence-corrected chi connectivity index (χ1v) is 17.8. The molecule has 1 aliphatic rings. The standard InChI is InChI=1S/C32H41N5O3Si/c1-22-11-13-25(14-12-22)37-30(19-31(35-37)41(4,5)6)34-32(38)33-28-15-16-29(27-10-8-7-9-26(27)28)39-18-17-36-20-23(2)40-24(3)21-36/h7-16,19,23-24H,17-18,20-21H2,1-6H3,(H2,33,34,38)/t23-,24-/m1/s1. The lowest BCUT2D eigenvalue weighted by atomic mass is 10.1. The lowest BCUT2D eigenvalue weighted by Gasteiger charge is -2.35. The van der Waals surface area contributed by atoms with Crippen molar-refractivity contribution in [2.45, 2.75) is 52.6 Å². The van der Waals surface area contributed by atoms with Gasteiger partial charge in [-0.1, -0.05) is 61.6 Å². The van der Waals surface area contributed by atoms with Crippen LogP contribution in [0.5, 0.6) is 5.75 Å². The molecule has 1 saturated heterocycles. The molecule has 2 amide bonds. The summed E-state index contributed by atoms with van der Waals surface area (Å²) in [6.45, 7) is 16.3. The number of anilines is 2. The van der Waals surface area contributed by atoms with E-state index in [0.29, 0.717) is 18.1 Å². The maximum atomic E-state index is 13.3. The van der Waals surface area contributed by atoms with Crippen LogP contribution in [-0.4, -0.2) is 67.2 Å². The second kappa shape index (κ2) is 12.1. The number of carbonyl (C=O) groups excluding carboxylic acids is 1. The third kappa shape index (κ3) is 6.98. The number of rotatable bonds is 8. The number of nitrogens with zero attached hydrogens (tertiary/aromatic N) is 3. The molecule has 1 aliphatic heterocycles. The average molecular weight is 572 g/mol. The lowest BCUT2D eigenvalue weighted by molar-refractivity contribution is -0.0699. The first kappa shape index (κ1) is 28.9. The molecule has 3 aromatic carbocycles. The zero-order chi connectivity index (χ0) is 29.1. The van der Waals surface area contributed by atoms with E-state index in [0.717, 1.165) is 47.2 Å². The number of benzene rings is 3. The van der Waals surface area contributed by atoms with Gasteiger partial charge in [0.2, 0.25) is 0 Å². The van der Waals surface area contributed by atoms with Crippen molar-refractivity contribution < 1.29 is 14.3 Å². The van der Waals surface area contributed by atoms with Gasteiger partial charge in [-0.05, 0) is 51.1 Å². The van der Waals surface area contributed by atoms with Crippen molar-refractivity contribution in [3.8, 4) is 11.4 Å². The van der Waals surface area contributed by atoms with Crippen molar-refractivity contribution in [2.75, 3.05) is 36.9 Å². The summed E-state index contributed by atoms with van der Waals surface area (Å²) in [6, 6.07) is 21.6. The molecule has 5 rings (SSSR count). The van der Waals surface area contributed by atoms with Crippen LogP contribution in [0.25, 0.3) is 16.5 Å². The molecule has 0 unspecified atom stereocenters. The van der Waals surface area contributed by atoms with Gasteiger partial charge in [-0.2, -0.15) is 5.10 Å². The molecular formula is C32H41N5O3Si. The highest BCUT2D eigenvalue weighted by molar-refractivity contribution is 6.88. The molecule has 0 aliphatic carbocycles. The minimum Gasteiger partial charge on any atom is -0.492 e. The van der Waals surface area contributed by atoms with Gasteiger partial charge in [0.1, 0.15) is 26.2 Å². The number of hydrogen-bond donors (Lipinski definition) is 2. The number of morpholine rings is 1. The quantitative estimate of drug-likeness (QED) is 0.253. The van der Waals surface area contributed by atoms with Crippen molar-refractivity contribution in [3.05, 3.63) is 72.3 Å². The highest BCUT2D eigenvalue weighted by Crippen LogP contribution is 2.32. The Morgan fingerprint density at radius 2 is 1.66 bits per heavy atom. The molecular weight excluding hydrogens is 530 g/mol. The van der Waals surface area contributed by atoms with Gasteiger partial charge < -0.3 is 14.8 Å². The Balaban J connectivity index is 1.31. The van der Waals surface area contributed by atoms with Crippen LogP contribution in [0.2, 0.25) is 19.6 Å². The molecule has 0 radical (unpaired) electrons. The molecule has 0 saturated carbocycles. The summed E-state index contributed by atoms with van der Waals surface area (Å²) in [5, 5.41) is 13.9. The minimum atomic E-state index is -1.71. The monoisotopic (exact) mass is 571 g/mol. The van der Waals surface area contributed by atoms with Crippen molar-refractivity contribution in [2.24, 2.45) is 0 Å². The van der Waals surface area contributed by atoms with E-state index >= 15 is 0 Å². The molecule has 2 atom stereocenters. The second-order valence-corrected chi connectivity index (χ2v) is 17.0. The number of carbonyl (C=O) groups is 1. The second-order valence-electron chi connectivity index (χ2n) is 12.0. The first-order chi connectivity index (χ1) is 19.6. The lowest BCUT2D eigenvalue weighted by Crippen LogP contribution is -2.46. The zero-order valence-electron chi connectivity index (χ0n) is 24.9. The summed E-state index contributed by atoms with van der Waals surface area (Å²) in [4.78, 5) is 15.7. The number of fused-ring (bicyclic) bond motifs is 1. The predicted molar refractivity (Wildman–Crippen MR) is 170 cm³/mol. The molecule has 9 heteroatoms. The Hall–Kier alpha value is -3.66. The third-order valence-corrected chi connectivity index (χ3v) is 9.07. The normalized spacial score (nSPS) is 17.9. The highest BCUT2D eigenvalue weighted by Gasteiger charge is 2.24. The summed E-state index contributed by atoms with van der Waals surface area (Å²) < 4.78 is 13.9. The number of amides is 2. The van der Waals surface area contributed by atoms with Gasteiger partial charge >= 0.3 is 6.03 Å². The Bertz CT molecular complexity index is 1500. The molecule has 2 N–H and O–H groups in total. The van der Waals surface area contributed by atoms with Crippen LogP contribution in [0.15, 0.2) is 66.7 Å². The SMILES string of the molecule is Cc1ccc(-n2nc([Si](C)(C)C)cc2NC(=O)Nc2ccc(OCCN3C[C@@H](C)O[C@H](C)C3)c3ccccc23)cc1. The van der Waals surface area contributed by atoms with Crippen molar-refractivity contribution in [1.82, 2.24) is 14.7 Å². The summed E-state index contributed by atoms with van der Waals surface area (Å²) in [6.07, 6.45) is 0.461. The predicted octanol–water partition coefficient (Wildman–Crippen LogP) is 6.01. The van der Waals surface area contributed by atoms with Crippen LogP contribution in [0.3, 0.4) is 0 Å². The molecule has 8 nitrogen and oxygen atoms in total. The smallest absolute Gasteiger partial charge is 0.324 e. The minimum absolute atomic E-state index is 0.230. The zero-order valence-corrected chi connectivity index (χ0v) is 25.9. The van der Waals surface area contributed by atoms with Gasteiger partial charge in [0.05, 0.1) is 23.6 Å². The molecule has 1 fully saturated rings. The first-order valence-electron chi connectivity index (χ1n) is 14.3. The van der Waals surface area contributed by atoms with E-state index in [9.17, 15) is 4.79 Å². The van der Waals surface area contributed by atoms with Crippen LogP contribution in [0.4, 0.5) is 16.3 Å². The van der Waals surface area contributed by atoms with Crippen LogP contribution in [-0.2, 0) is 4.74 Å². The molecule has 1 aromatic heterocycles. The number of aromatic nitrogens is 2. The number of hydrogen-bond acceptors (Lipinski definition) is 5. The average Bonchev–Trinajstić information content (AvgIpc) is 3.34. The van der Waals surface area contributed by atoms with Crippen LogP contribution in [0, 0.1) is 6.92 Å². The summed E-state index contributed by atoms with van der Waals surface area (Å²) in [5.41, 5.74) is 2.79. The van der Waals surface area contributed by atoms with Crippen LogP contribution < -0.4 is 20.7 Å². The Kier molecular flexibility index (Phi) is 8.49. The Morgan fingerprint density at radius 3 is 2.34 bits per heavy atom. The molecule has 0 spiro atoms. The number of ether oxygens (including phenoxy) is 2. The Labute approximate surface area is 243 Å². The summed E-state index contributed by atoms with van der Waals surface area (Å²) >= 11 is 0. The van der Waals surface area contributed by atoms with Crippen molar-refractivity contribution >= 4 is 41.7 Å². The molecule has 2 heterocycles. The van der Waals surface area contributed by atoms with Crippen LogP contribution >= 0.6 is 0 Å². The maximum absolute atomic E-state index is 13.3. The number of aryl methyl sites for hydroxylation is 1.